The average molecular weight is 364 g/mol. The first-order valence-corrected chi connectivity index (χ1v) is 9.56. The Labute approximate surface area is 157 Å². The van der Waals surface area contributed by atoms with Gasteiger partial charge in [0.15, 0.2) is 0 Å². The van der Waals surface area contributed by atoms with E-state index in [-0.39, 0.29) is 35.6 Å². The molecule has 0 radical (unpaired) electrons. The monoisotopic (exact) mass is 364 g/mol. The lowest BCUT2D eigenvalue weighted by atomic mass is 9.67. The Morgan fingerprint density at radius 2 is 1.85 bits per heavy atom. The molecule has 2 unspecified atom stereocenters. The van der Waals surface area contributed by atoms with E-state index in [0.29, 0.717) is 0 Å². The van der Waals surface area contributed by atoms with Crippen LogP contribution in [-0.2, 0) is 18.8 Å². The highest BCUT2D eigenvalue weighted by Crippen LogP contribution is 2.45. The molecule has 1 aromatic rings. The second-order valence-corrected chi connectivity index (χ2v) is 8.45. The second-order valence-electron chi connectivity index (χ2n) is 8.45. The Kier molecular flexibility index (Phi) is 6.91. The minimum atomic E-state index is -0.414. The summed E-state index contributed by atoms with van der Waals surface area (Å²) in [6.07, 6.45) is 6.59. The van der Waals surface area contributed by atoms with Crippen molar-refractivity contribution < 1.29 is 18.8 Å². The maximum absolute atomic E-state index is 12.0. The molecule has 1 aromatic heterocycles. The Hall–Kier alpha value is -1.34. The van der Waals surface area contributed by atoms with Crippen LogP contribution in [0.3, 0.4) is 0 Å². The van der Waals surface area contributed by atoms with Crippen molar-refractivity contribution in [2.75, 3.05) is 7.11 Å². The van der Waals surface area contributed by atoms with Gasteiger partial charge >= 0.3 is 13.1 Å². The van der Waals surface area contributed by atoms with Crippen LogP contribution in [0.25, 0.3) is 0 Å². The molecule has 26 heavy (non-hydrogen) atoms. The van der Waals surface area contributed by atoms with Gasteiger partial charge in [0, 0.05) is 30.1 Å². The molecule has 146 valence electrons. The Morgan fingerprint density at radius 1 is 1.23 bits per heavy atom. The van der Waals surface area contributed by atoms with Crippen molar-refractivity contribution in [3.8, 4) is 0 Å². The van der Waals surface area contributed by atoms with Crippen LogP contribution in [-0.4, -0.2) is 42.2 Å². The Balaban J connectivity index is 2.12. The molecule has 0 aliphatic heterocycles. The topological polar surface area (TPSA) is 62.6 Å². The number of ether oxygens (including phenoxy) is 1. The van der Waals surface area contributed by atoms with Gasteiger partial charge < -0.3 is 14.0 Å². The highest BCUT2D eigenvalue weighted by molar-refractivity contribution is 6.61. The molecule has 1 aliphatic rings. The zero-order valence-corrected chi connectivity index (χ0v) is 17.2. The third-order valence-electron chi connectivity index (χ3n) is 5.04. The predicted molar refractivity (Wildman–Crippen MR) is 102 cm³/mol. The van der Waals surface area contributed by atoms with Crippen LogP contribution in [0.15, 0.2) is 12.4 Å². The van der Waals surface area contributed by atoms with E-state index in [1.165, 1.54) is 7.11 Å². The minimum absolute atomic E-state index is 0.0555. The lowest BCUT2D eigenvalue weighted by Crippen LogP contribution is -2.40. The summed E-state index contributed by atoms with van der Waals surface area (Å²) in [6.45, 7) is 12.3. The summed E-state index contributed by atoms with van der Waals surface area (Å²) in [6, 6.07) is 0.262. The maximum atomic E-state index is 12.0. The van der Waals surface area contributed by atoms with Gasteiger partial charge in [-0.15, -0.1) is 0 Å². The molecule has 1 aliphatic carbocycles. The molecule has 0 amide bonds. The summed E-state index contributed by atoms with van der Waals surface area (Å²) in [5.74, 6) is -0.162. The molecule has 0 bridgehead atoms. The molecule has 1 saturated carbocycles. The summed E-state index contributed by atoms with van der Waals surface area (Å²) < 4.78 is 18.8. The van der Waals surface area contributed by atoms with Gasteiger partial charge in [0.05, 0.1) is 19.1 Å². The molecule has 6 nitrogen and oxygen atoms in total. The summed E-state index contributed by atoms with van der Waals surface area (Å²) in [5.41, 5.74) is 0.810. The van der Waals surface area contributed by atoms with Gasteiger partial charge in [-0.1, -0.05) is 13.8 Å². The van der Waals surface area contributed by atoms with E-state index in [0.717, 1.165) is 24.7 Å². The normalized spacial score (nSPS) is 22.7. The molecular formula is C19H33BN2O4. The summed E-state index contributed by atoms with van der Waals surface area (Å²) >= 11 is 0. The van der Waals surface area contributed by atoms with Crippen LogP contribution in [0.2, 0.25) is 0 Å². The molecule has 0 N–H and O–H groups in total. The van der Waals surface area contributed by atoms with Crippen LogP contribution in [0.5, 0.6) is 0 Å². The molecule has 0 spiro atoms. The lowest BCUT2D eigenvalue weighted by Gasteiger charge is -2.40. The van der Waals surface area contributed by atoms with Crippen molar-refractivity contribution in [3.63, 3.8) is 0 Å². The second kappa shape index (κ2) is 8.57. The fraction of sp³-hybridized carbons (Fsp3) is 0.789. The van der Waals surface area contributed by atoms with E-state index >= 15 is 0 Å². The van der Waals surface area contributed by atoms with E-state index in [2.05, 4.69) is 18.9 Å². The average Bonchev–Trinajstić information content (AvgIpc) is 3.01. The largest absolute Gasteiger partial charge is 0.497 e. The van der Waals surface area contributed by atoms with Crippen LogP contribution in [0, 0.1) is 11.3 Å². The first-order chi connectivity index (χ1) is 12.1. The third-order valence-corrected chi connectivity index (χ3v) is 5.04. The Morgan fingerprint density at radius 3 is 2.35 bits per heavy atom. The predicted octanol–water partition coefficient (Wildman–Crippen LogP) is 2.97. The standard InChI is InChI=1S/C19H33BN2O4/c1-13(2)25-20(26-14(3)4)15-11-21-22(12-15)16-8-9-17(18(23)24-7)19(5,6)10-16/h11-14,16-17H,8-10H2,1-7H3. The zero-order chi connectivity index (χ0) is 19.5. The van der Waals surface area contributed by atoms with E-state index in [4.69, 9.17) is 14.0 Å². The quantitative estimate of drug-likeness (QED) is 0.550. The number of nitrogens with zero attached hydrogens (tertiary/aromatic N) is 2. The number of carbonyl (C=O) groups is 1. The van der Waals surface area contributed by atoms with Crippen LogP contribution >= 0.6 is 0 Å². The SMILES string of the molecule is COC(=O)C1CCC(n2cc(B(OC(C)C)OC(C)C)cn2)CC1(C)C. The van der Waals surface area contributed by atoms with Gasteiger partial charge in [0.1, 0.15) is 0 Å². The van der Waals surface area contributed by atoms with Gasteiger partial charge in [-0.25, -0.2) is 0 Å². The number of hydrogen-bond acceptors (Lipinski definition) is 5. The van der Waals surface area contributed by atoms with Gasteiger partial charge in [0.2, 0.25) is 0 Å². The van der Waals surface area contributed by atoms with Crippen molar-refractivity contribution in [2.24, 2.45) is 11.3 Å². The van der Waals surface area contributed by atoms with E-state index in [1.54, 1.807) is 0 Å². The summed E-state index contributed by atoms with van der Waals surface area (Å²) in [5, 5.41) is 4.57. The summed E-state index contributed by atoms with van der Waals surface area (Å²) in [7, 11) is 1.05. The van der Waals surface area contributed by atoms with Gasteiger partial charge in [-0.3, -0.25) is 9.48 Å². The van der Waals surface area contributed by atoms with Crippen LogP contribution < -0.4 is 5.46 Å². The van der Waals surface area contributed by atoms with E-state index in [1.807, 2.05) is 44.8 Å². The van der Waals surface area contributed by atoms with Crippen molar-refractivity contribution in [1.82, 2.24) is 9.78 Å². The Bertz CT molecular complexity index is 590. The molecule has 2 atom stereocenters. The third kappa shape index (κ3) is 5.10. The summed E-state index contributed by atoms with van der Waals surface area (Å²) in [4.78, 5) is 12.0. The molecule has 1 fully saturated rings. The smallest absolute Gasteiger partial charge is 0.469 e. The van der Waals surface area contributed by atoms with E-state index in [9.17, 15) is 4.79 Å². The van der Waals surface area contributed by atoms with E-state index < -0.39 is 7.12 Å². The number of esters is 1. The molecular weight excluding hydrogens is 331 g/mol. The number of carbonyl (C=O) groups excluding carboxylic acids is 1. The lowest BCUT2D eigenvalue weighted by molar-refractivity contribution is -0.152. The zero-order valence-electron chi connectivity index (χ0n) is 17.2. The molecule has 1 heterocycles. The van der Waals surface area contributed by atoms with Crippen LogP contribution in [0.1, 0.15) is 66.8 Å². The van der Waals surface area contributed by atoms with Gasteiger partial charge in [0.25, 0.3) is 0 Å². The highest BCUT2D eigenvalue weighted by Gasteiger charge is 2.42. The molecule has 7 heteroatoms. The van der Waals surface area contributed by atoms with Gasteiger partial charge in [-0.05, 0) is 52.4 Å². The van der Waals surface area contributed by atoms with Crippen molar-refractivity contribution in [2.45, 2.75) is 79.1 Å². The number of rotatable bonds is 7. The van der Waals surface area contributed by atoms with Crippen molar-refractivity contribution in [3.05, 3.63) is 12.4 Å². The molecule has 2 rings (SSSR count). The number of hydrogen-bond donors (Lipinski definition) is 0. The number of methoxy groups -OCH3 is 1. The highest BCUT2D eigenvalue weighted by atomic mass is 16.6. The van der Waals surface area contributed by atoms with Crippen molar-refractivity contribution in [1.29, 1.82) is 0 Å². The molecule has 0 aromatic carbocycles. The molecule has 0 saturated heterocycles. The maximum Gasteiger partial charge on any atom is 0.497 e. The fourth-order valence-electron chi connectivity index (χ4n) is 3.76. The number of aromatic nitrogens is 2. The first-order valence-electron chi connectivity index (χ1n) is 9.56. The van der Waals surface area contributed by atoms with Gasteiger partial charge in [-0.2, -0.15) is 5.10 Å². The van der Waals surface area contributed by atoms with Crippen LogP contribution in [0.4, 0.5) is 0 Å². The fourth-order valence-corrected chi connectivity index (χ4v) is 3.76. The first kappa shape index (κ1) is 21.0. The minimum Gasteiger partial charge on any atom is -0.469 e. The van der Waals surface area contributed by atoms with Crippen molar-refractivity contribution >= 4 is 18.6 Å².